The van der Waals surface area contributed by atoms with Gasteiger partial charge in [-0.2, -0.15) is 0 Å². The maximum Gasteiger partial charge on any atom is -0.0348 e. The SMILES string of the molecule is [CH2]CCCCCCCCCC/C=C(\C)CC. The van der Waals surface area contributed by atoms with E-state index in [9.17, 15) is 0 Å². The molecule has 0 heterocycles. The highest BCUT2D eigenvalue weighted by atomic mass is 14.0. The van der Waals surface area contributed by atoms with Crippen LogP contribution in [0.4, 0.5) is 0 Å². The van der Waals surface area contributed by atoms with E-state index in [1.54, 1.807) is 5.57 Å². The quantitative estimate of drug-likeness (QED) is 0.294. The molecule has 0 fully saturated rings. The van der Waals surface area contributed by atoms with Crippen molar-refractivity contribution in [3.05, 3.63) is 18.6 Å². The Kier molecular flexibility index (Phi) is 12.6. The molecule has 0 spiro atoms. The van der Waals surface area contributed by atoms with Gasteiger partial charge in [0, 0.05) is 0 Å². The molecule has 0 aromatic heterocycles. The predicted octanol–water partition coefficient (Wildman–Crippen LogP) is 6.08. The van der Waals surface area contributed by atoms with E-state index in [0.29, 0.717) is 0 Å². The summed E-state index contributed by atoms with van der Waals surface area (Å²) in [7, 11) is 0. The molecule has 0 nitrogen and oxygen atoms in total. The van der Waals surface area contributed by atoms with Gasteiger partial charge in [-0.1, -0.05) is 76.9 Å². The summed E-state index contributed by atoms with van der Waals surface area (Å²) in [6, 6.07) is 0. The van der Waals surface area contributed by atoms with Crippen molar-refractivity contribution in [2.75, 3.05) is 0 Å². The third-order valence-electron chi connectivity index (χ3n) is 3.25. The first-order valence-electron chi connectivity index (χ1n) is 7.26. The summed E-state index contributed by atoms with van der Waals surface area (Å²) in [4.78, 5) is 0. The van der Waals surface area contributed by atoms with Gasteiger partial charge in [0.25, 0.3) is 0 Å². The second kappa shape index (κ2) is 12.8. The van der Waals surface area contributed by atoms with Crippen LogP contribution in [0.1, 0.15) is 84.5 Å². The van der Waals surface area contributed by atoms with Gasteiger partial charge in [0.2, 0.25) is 0 Å². The standard InChI is InChI=1S/C16H31/c1-4-6-7-8-9-10-11-12-13-14-15-16(3)5-2/h15H,1,4-14H2,2-3H3/b16-15+. The number of rotatable bonds is 11. The van der Waals surface area contributed by atoms with E-state index in [2.05, 4.69) is 26.8 Å². The Bertz CT molecular complexity index is 155. The van der Waals surface area contributed by atoms with Gasteiger partial charge in [-0.05, 0) is 26.2 Å². The van der Waals surface area contributed by atoms with E-state index >= 15 is 0 Å². The van der Waals surface area contributed by atoms with E-state index in [4.69, 9.17) is 0 Å². The topological polar surface area (TPSA) is 0 Å². The van der Waals surface area contributed by atoms with Crippen molar-refractivity contribution in [1.29, 1.82) is 0 Å². The van der Waals surface area contributed by atoms with Gasteiger partial charge in [-0.3, -0.25) is 0 Å². The Morgan fingerprint density at radius 3 is 1.88 bits per heavy atom. The lowest BCUT2D eigenvalue weighted by atomic mass is 10.1. The third kappa shape index (κ3) is 11.8. The molecule has 0 saturated heterocycles. The molecule has 0 aliphatic carbocycles. The molecule has 0 heteroatoms. The van der Waals surface area contributed by atoms with Gasteiger partial charge in [0.15, 0.2) is 0 Å². The second-order valence-electron chi connectivity index (χ2n) is 4.87. The molecule has 0 N–H and O–H groups in total. The molecule has 0 atom stereocenters. The van der Waals surface area contributed by atoms with Crippen LogP contribution in [0.5, 0.6) is 0 Å². The molecule has 0 aromatic rings. The van der Waals surface area contributed by atoms with Crippen LogP contribution in [-0.2, 0) is 0 Å². The summed E-state index contributed by atoms with van der Waals surface area (Å²) < 4.78 is 0. The fourth-order valence-corrected chi connectivity index (χ4v) is 1.87. The van der Waals surface area contributed by atoms with Crippen LogP contribution in [0.3, 0.4) is 0 Å². The summed E-state index contributed by atoms with van der Waals surface area (Å²) in [6.45, 7) is 8.34. The van der Waals surface area contributed by atoms with Crippen molar-refractivity contribution in [3.63, 3.8) is 0 Å². The largest absolute Gasteiger partial charge is 0.0856 e. The van der Waals surface area contributed by atoms with Crippen molar-refractivity contribution >= 4 is 0 Å². The molecule has 1 radical (unpaired) electrons. The van der Waals surface area contributed by atoms with Crippen LogP contribution in [0, 0.1) is 6.92 Å². The van der Waals surface area contributed by atoms with Gasteiger partial charge in [-0.25, -0.2) is 0 Å². The number of hydrogen-bond acceptors (Lipinski definition) is 0. The van der Waals surface area contributed by atoms with Crippen LogP contribution < -0.4 is 0 Å². The number of unbranched alkanes of at least 4 members (excludes halogenated alkanes) is 9. The van der Waals surface area contributed by atoms with Crippen LogP contribution >= 0.6 is 0 Å². The van der Waals surface area contributed by atoms with E-state index in [0.717, 1.165) is 6.42 Å². The molecule has 0 rings (SSSR count). The Morgan fingerprint density at radius 1 is 0.875 bits per heavy atom. The summed E-state index contributed by atoms with van der Waals surface area (Å²) >= 11 is 0. The minimum absolute atomic E-state index is 1.11. The maximum atomic E-state index is 3.87. The first kappa shape index (κ1) is 15.7. The summed E-state index contributed by atoms with van der Waals surface area (Å²) in [6.07, 6.45) is 17.3. The number of hydrogen-bond donors (Lipinski definition) is 0. The minimum atomic E-state index is 1.11. The molecule has 0 amide bonds. The fourth-order valence-electron chi connectivity index (χ4n) is 1.87. The van der Waals surface area contributed by atoms with E-state index in [1.807, 2.05) is 0 Å². The second-order valence-corrected chi connectivity index (χ2v) is 4.87. The normalized spacial score (nSPS) is 12.1. The van der Waals surface area contributed by atoms with Gasteiger partial charge >= 0.3 is 0 Å². The van der Waals surface area contributed by atoms with E-state index in [1.165, 1.54) is 64.2 Å². The third-order valence-corrected chi connectivity index (χ3v) is 3.25. The predicted molar refractivity (Wildman–Crippen MR) is 75.6 cm³/mol. The average molecular weight is 223 g/mol. The Morgan fingerprint density at radius 2 is 1.38 bits per heavy atom. The molecule has 0 saturated carbocycles. The van der Waals surface area contributed by atoms with Gasteiger partial charge < -0.3 is 0 Å². The van der Waals surface area contributed by atoms with Gasteiger partial charge in [0.1, 0.15) is 0 Å². The highest BCUT2D eigenvalue weighted by molar-refractivity contribution is 4.96. The first-order chi connectivity index (χ1) is 7.81. The van der Waals surface area contributed by atoms with Crippen LogP contribution in [0.25, 0.3) is 0 Å². The fraction of sp³-hybridized carbons (Fsp3) is 0.812. The van der Waals surface area contributed by atoms with Gasteiger partial charge in [-0.15, -0.1) is 0 Å². The lowest BCUT2D eigenvalue weighted by Crippen LogP contribution is -1.81. The Hall–Kier alpha value is -0.260. The average Bonchev–Trinajstić information content (AvgIpc) is 2.31. The van der Waals surface area contributed by atoms with Crippen LogP contribution in [0.2, 0.25) is 0 Å². The molecule has 0 aromatic carbocycles. The highest BCUT2D eigenvalue weighted by Crippen LogP contribution is 2.11. The van der Waals surface area contributed by atoms with Crippen molar-refractivity contribution in [2.24, 2.45) is 0 Å². The molecule has 0 unspecified atom stereocenters. The van der Waals surface area contributed by atoms with Crippen molar-refractivity contribution in [2.45, 2.75) is 84.5 Å². The van der Waals surface area contributed by atoms with Crippen molar-refractivity contribution in [1.82, 2.24) is 0 Å². The molecule has 0 aliphatic rings. The Labute approximate surface area is 104 Å². The molecular formula is C16H31. The van der Waals surface area contributed by atoms with E-state index in [-0.39, 0.29) is 0 Å². The molecule has 95 valence electrons. The molecule has 0 bridgehead atoms. The van der Waals surface area contributed by atoms with Crippen LogP contribution in [-0.4, -0.2) is 0 Å². The van der Waals surface area contributed by atoms with Crippen molar-refractivity contribution < 1.29 is 0 Å². The molecule has 16 heavy (non-hydrogen) atoms. The Balaban J connectivity index is 3.04. The minimum Gasteiger partial charge on any atom is -0.0856 e. The zero-order chi connectivity index (χ0) is 12.1. The van der Waals surface area contributed by atoms with Crippen molar-refractivity contribution in [3.8, 4) is 0 Å². The van der Waals surface area contributed by atoms with Crippen LogP contribution in [0.15, 0.2) is 11.6 Å². The molecular weight excluding hydrogens is 192 g/mol. The lowest BCUT2D eigenvalue weighted by Gasteiger charge is -2.01. The van der Waals surface area contributed by atoms with Gasteiger partial charge in [0.05, 0.1) is 0 Å². The maximum absolute atomic E-state index is 3.87. The highest BCUT2D eigenvalue weighted by Gasteiger charge is 1.91. The lowest BCUT2D eigenvalue weighted by molar-refractivity contribution is 0.570. The number of allylic oxidation sites excluding steroid dienone is 2. The van der Waals surface area contributed by atoms with E-state index < -0.39 is 0 Å². The zero-order valence-corrected chi connectivity index (χ0v) is 11.6. The smallest absolute Gasteiger partial charge is 0.0348 e. The summed E-state index contributed by atoms with van der Waals surface area (Å²) in [5, 5.41) is 0. The monoisotopic (exact) mass is 223 g/mol. The summed E-state index contributed by atoms with van der Waals surface area (Å²) in [5.41, 5.74) is 1.55. The zero-order valence-electron chi connectivity index (χ0n) is 11.6. The molecule has 0 aliphatic heterocycles. The first-order valence-corrected chi connectivity index (χ1v) is 7.26. The summed E-state index contributed by atoms with van der Waals surface area (Å²) in [5.74, 6) is 0.